The molecule has 2 saturated heterocycles. The molecule has 2 fully saturated rings. The maximum absolute atomic E-state index is 2.78. The highest BCUT2D eigenvalue weighted by Crippen LogP contribution is 2.33. The van der Waals surface area contributed by atoms with Gasteiger partial charge in [-0.1, -0.05) is 50.6 Å². The molecular weight excluding hydrogens is 256 g/mol. The van der Waals surface area contributed by atoms with Gasteiger partial charge in [-0.25, -0.2) is 0 Å². The fourth-order valence-corrected chi connectivity index (χ4v) is 4.19. The number of hydrogen-bond acceptors (Lipinski definition) is 2. The third-order valence-electron chi connectivity index (χ3n) is 5.57. The molecule has 0 amide bonds. The number of hydrogen-bond donors (Lipinski definition) is 0. The quantitative estimate of drug-likeness (QED) is 0.830. The highest BCUT2D eigenvalue weighted by atomic mass is 15.3. The fourth-order valence-electron chi connectivity index (χ4n) is 4.19. The van der Waals surface area contributed by atoms with Crippen molar-refractivity contribution in [2.24, 2.45) is 5.92 Å². The third-order valence-corrected chi connectivity index (χ3v) is 5.57. The Morgan fingerprint density at radius 3 is 2.48 bits per heavy atom. The number of piperazine rings is 1. The summed E-state index contributed by atoms with van der Waals surface area (Å²) in [5.74, 6) is 0.721. The molecule has 1 aromatic carbocycles. The van der Waals surface area contributed by atoms with Crippen molar-refractivity contribution in [1.29, 1.82) is 0 Å². The Kier molecular flexibility index (Phi) is 4.66. The average molecular weight is 286 g/mol. The van der Waals surface area contributed by atoms with Crippen LogP contribution in [0.15, 0.2) is 30.3 Å². The van der Waals surface area contributed by atoms with Gasteiger partial charge in [0.25, 0.3) is 0 Å². The third kappa shape index (κ3) is 3.17. The number of nitrogens with zero attached hydrogens (tertiary/aromatic N) is 2. The van der Waals surface area contributed by atoms with E-state index in [1.165, 1.54) is 44.5 Å². The van der Waals surface area contributed by atoms with Crippen LogP contribution < -0.4 is 0 Å². The van der Waals surface area contributed by atoms with Crippen LogP contribution in [0.1, 0.15) is 51.6 Å². The minimum absolute atomic E-state index is 0.530. The van der Waals surface area contributed by atoms with E-state index in [0.717, 1.165) is 12.0 Å². The minimum Gasteiger partial charge on any atom is -0.298 e. The van der Waals surface area contributed by atoms with Gasteiger partial charge in [-0.15, -0.1) is 0 Å². The molecule has 0 aromatic heterocycles. The Bertz CT molecular complexity index is 442. The summed E-state index contributed by atoms with van der Waals surface area (Å²) in [6, 6.07) is 13.1. The molecule has 0 saturated carbocycles. The van der Waals surface area contributed by atoms with Gasteiger partial charge in [-0.3, -0.25) is 9.80 Å². The zero-order valence-corrected chi connectivity index (χ0v) is 13.8. The van der Waals surface area contributed by atoms with Gasteiger partial charge in [0.2, 0.25) is 0 Å². The van der Waals surface area contributed by atoms with Crippen molar-refractivity contribution in [3.05, 3.63) is 35.9 Å². The summed E-state index contributed by atoms with van der Waals surface area (Å²) in [7, 11) is 0. The molecule has 0 bridgehead atoms. The van der Waals surface area contributed by atoms with E-state index in [-0.39, 0.29) is 0 Å². The van der Waals surface area contributed by atoms with Crippen molar-refractivity contribution in [2.75, 3.05) is 19.6 Å². The molecule has 3 unspecified atom stereocenters. The molecule has 116 valence electrons. The number of fused-ring (bicyclic) bond motifs is 1. The van der Waals surface area contributed by atoms with Crippen molar-refractivity contribution in [2.45, 2.75) is 58.2 Å². The van der Waals surface area contributed by atoms with Crippen molar-refractivity contribution < 1.29 is 0 Å². The van der Waals surface area contributed by atoms with Gasteiger partial charge < -0.3 is 0 Å². The second kappa shape index (κ2) is 6.50. The zero-order valence-electron chi connectivity index (χ0n) is 13.8. The molecule has 0 N–H and O–H groups in total. The normalized spacial score (nSPS) is 29.3. The van der Waals surface area contributed by atoms with E-state index >= 15 is 0 Å². The van der Waals surface area contributed by atoms with E-state index in [9.17, 15) is 0 Å². The lowest BCUT2D eigenvalue weighted by Crippen LogP contribution is -2.61. The van der Waals surface area contributed by atoms with Gasteiger partial charge in [0.05, 0.1) is 0 Å². The van der Waals surface area contributed by atoms with Gasteiger partial charge in [0.15, 0.2) is 0 Å². The van der Waals surface area contributed by atoms with Crippen molar-refractivity contribution >= 4 is 0 Å². The average Bonchev–Trinajstić information content (AvgIpc) is 2.53. The van der Waals surface area contributed by atoms with Gasteiger partial charge in [0.1, 0.15) is 0 Å². The second-order valence-electron chi connectivity index (χ2n) is 7.24. The van der Waals surface area contributed by atoms with E-state index in [2.05, 4.69) is 60.9 Å². The van der Waals surface area contributed by atoms with Gasteiger partial charge in [-0.05, 0) is 37.8 Å². The maximum atomic E-state index is 2.78. The van der Waals surface area contributed by atoms with Crippen LogP contribution in [0.3, 0.4) is 0 Å². The monoisotopic (exact) mass is 286 g/mol. The van der Waals surface area contributed by atoms with E-state index in [1.54, 1.807) is 0 Å². The Balaban J connectivity index is 1.80. The molecule has 21 heavy (non-hydrogen) atoms. The molecule has 3 atom stereocenters. The number of rotatable bonds is 3. The van der Waals surface area contributed by atoms with Crippen LogP contribution in [0.2, 0.25) is 0 Å². The van der Waals surface area contributed by atoms with E-state index in [0.29, 0.717) is 12.1 Å². The smallest absolute Gasteiger partial charge is 0.0324 e. The summed E-state index contributed by atoms with van der Waals surface area (Å²) < 4.78 is 0. The summed E-state index contributed by atoms with van der Waals surface area (Å²) in [6.45, 7) is 11.0. The van der Waals surface area contributed by atoms with Gasteiger partial charge in [0, 0.05) is 31.2 Å². The maximum Gasteiger partial charge on any atom is 0.0324 e. The Labute approximate surface area is 130 Å². The molecule has 2 nitrogen and oxygen atoms in total. The first-order chi connectivity index (χ1) is 10.2. The van der Waals surface area contributed by atoms with Crippen LogP contribution in [0.5, 0.6) is 0 Å². The first-order valence-corrected chi connectivity index (χ1v) is 8.71. The SMILES string of the molecule is CC(C)C1CN2CCCCC2CN1C(C)c1ccccc1. The molecule has 2 heteroatoms. The lowest BCUT2D eigenvalue weighted by molar-refractivity contribution is -0.0271. The summed E-state index contributed by atoms with van der Waals surface area (Å²) in [4.78, 5) is 5.55. The molecule has 0 aliphatic carbocycles. The molecule has 1 aromatic rings. The fraction of sp³-hybridized carbons (Fsp3) is 0.684. The highest BCUT2D eigenvalue weighted by Gasteiger charge is 2.38. The van der Waals surface area contributed by atoms with E-state index in [1.807, 2.05) is 0 Å². The molecule has 2 heterocycles. The van der Waals surface area contributed by atoms with E-state index < -0.39 is 0 Å². The summed E-state index contributed by atoms with van der Waals surface area (Å²) in [5.41, 5.74) is 1.47. The first-order valence-electron chi connectivity index (χ1n) is 8.71. The minimum atomic E-state index is 0.530. The Morgan fingerprint density at radius 2 is 1.76 bits per heavy atom. The lowest BCUT2D eigenvalue weighted by Gasteiger charge is -2.51. The molecule has 2 aliphatic rings. The van der Waals surface area contributed by atoms with Crippen molar-refractivity contribution in [3.8, 4) is 0 Å². The summed E-state index contributed by atoms with van der Waals surface area (Å²) in [5, 5.41) is 0. The van der Waals surface area contributed by atoms with Crippen LogP contribution in [0.25, 0.3) is 0 Å². The topological polar surface area (TPSA) is 6.48 Å². The van der Waals surface area contributed by atoms with Crippen molar-refractivity contribution in [3.63, 3.8) is 0 Å². The van der Waals surface area contributed by atoms with Crippen LogP contribution in [0.4, 0.5) is 0 Å². The van der Waals surface area contributed by atoms with Crippen LogP contribution in [-0.2, 0) is 0 Å². The predicted octanol–water partition coefficient (Wildman–Crippen LogP) is 3.94. The highest BCUT2D eigenvalue weighted by molar-refractivity contribution is 5.19. The summed E-state index contributed by atoms with van der Waals surface area (Å²) >= 11 is 0. The standard InChI is InChI=1S/C19H30N2/c1-15(2)19-14-20-12-8-7-11-18(20)13-21(19)16(3)17-9-5-4-6-10-17/h4-6,9-10,15-16,18-19H,7-8,11-14H2,1-3H3. The van der Waals surface area contributed by atoms with Gasteiger partial charge >= 0.3 is 0 Å². The summed E-state index contributed by atoms with van der Waals surface area (Å²) in [6.07, 6.45) is 4.21. The zero-order chi connectivity index (χ0) is 14.8. The second-order valence-corrected chi connectivity index (χ2v) is 7.24. The van der Waals surface area contributed by atoms with Crippen LogP contribution in [-0.4, -0.2) is 41.5 Å². The molecule has 0 radical (unpaired) electrons. The van der Waals surface area contributed by atoms with Crippen LogP contribution in [0, 0.1) is 5.92 Å². The Morgan fingerprint density at radius 1 is 1.00 bits per heavy atom. The predicted molar refractivity (Wildman–Crippen MR) is 89.4 cm³/mol. The Hall–Kier alpha value is -0.860. The molecule has 3 rings (SSSR count). The number of benzene rings is 1. The number of piperidine rings is 1. The largest absolute Gasteiger partial charge is 0.298 e. The first kappa shape index (κ1) is 15.1. The lowest BCUT2D eigenvalue weighted by atomic mass is 9.90. The van der Waals surface area contributed by atoms with Gasteiger partial charge in [-0.2, -0.15) is 0 Å². The van der Waals surface area contributed by atoms with Crippen molar-refractivity contribution in [1.82, 2.24) is 9.80 Å². The molecule has 0 spiro atoms. The van der Waals surface area contributed by atoms with Crippen LogP contribution >= 0.6 is 0 Å². The van der Waals surface area contributed by atoms with E-state index in [4.69, 9.17) is 0 Å². The molecular formula is C19H30N2. The molecule has 2 aliphatic heterocycles.